The lowest BCUT2D eigenvalue weighted by Gasteiger charge is -2.32. The van der Waals surface area contributed by atoms with Gasteiger partial charge in [-0.25, -0.2) is 19.9 Å². The molecule has 536 valence electrons. The fraction of sp³-hybridized carbons (Fsp3) is 0.0769. The van der Waals surface area contributed by atoms with Crippen molar-refractivity contribution in [3.63, 3.8) is 0 Å². The number of aromatic nitrogens is 8. The first kappa shape index (κ1) is 69.5. The number of nitrogens with one attached hydrogen (secondary N) is 4. The minimum absolute atomic E-state index is 0.204. The molecule has 18 rings (SSSR count). The fourth-order valence-electron chi connectivity index (χ4n) is 16.3. The molecule has 112 heavy (non-hydrogen) atoms. The van der Waals surface area contributed by atoms with Gasteiger partial charge in [0.05, 0.1) is 45.6 Å². The van der Waals surface area contributed by atoms with Crippen LogP contribution in [0, 0.1) is 39.5 Å². The number of aryl methyl sites for hydroxylation is 4. The van der Waals surface area contributed by atoms with E-state index in [0.717, 1.165) is 209 Å². The summed E-state index contributed by atoms with van der Waals surface area (Å²) in [6.07, 6.45) is 25.7. The molecule has 0 fully saturated rings. The molecule has 0 atom stereocenters. The molecule has 0 unspecified atom stereocenters. The van der Waals surface area contributed by atoms with Gasteiger partial charge in [0.1, 0.15) is 0 Å². The van der Waals surface area contributed by atoms with Gasteiger partial charge in [-0.15, -0.1) is 19.7 Å². The van der Waals surface area contributed by atoms with Crippen molar-refractivity contribution in [2.75, 3.05) is 0 Å². The maximum atomic E-state index is 5.64. The average Bonchev–Trinajstić information content (AvgIpc) is 1.63. The second-order valence-corrected chi connectivity index (χ2v) is 29.6. The minimum Gasteiger partial charge on any atom is -0.354 e. The van der Waals surface area contributed by atoms with Gasteiger partial charge in [0.25, 0.3) is 0 Å². The van der Waals surface area contributed by atoms with E-state index in [9.17, 15) is 0 Å². The van der Waals surface area contributed by atoms with Crippen molar-refractivity contribution >= 4 is 92.7 Å². The summed E-state index contributed by atoms with van der Waals surface area (Å²) < 4.78 is 0. The number of hydrogen-bond acceptors (Lipinski definition) is 4. The third kappa shape index (κ3) is 13.2. The maximum absolute atomic E-state index is 5.64. The molecule has 0 saturated heterocycles. The van der Waals surface area contributed by atoms with Crippen molar-refractivity contribution in [2.45, 2.75) is 52.4 Å². The van der Waals surface area contributed by atoms with Crippen molar-refractivity contribution in [1.82, 2.24) is 39.9 Å². The Morgan fingerprint density at radius 2 is 0.446 bits per heavy atom. The van der Waals surface area contributed by atoms with Gasteiger partial charge in [-0.05, 0) is 218 Å². The first-order valence-corrected chi connectivity index (χ1v) is 38.2. The predicted molar refractivity (Wildman–Crippen MR) is 472 cm³/mol. The molecule has 8 aromatic carbocycles. The zero-order valence-corrected chi connectivity index (χ0v) is 63.1. The molecule has 0 spiro atoms. The van der Waals surface area contributed by atoms with E-state index in [-0.39, 0.29) is 5.41 Å². The highest BCUT2D eigenvalue weighted by molar-refractivity contribution is 6.03. The van der Waals surface area contributed by atoms with Crippen LogP contribution in [0.3, 0.4) is 0 Å². The second kappa shape index (κ2) is 29.4. The number of fused-ring (bicyclic) bond motifs is 16. The Kier molecular flexibility index (Phi) is 18.2. The van der Waals surface area contributed by atoms with E-state index < -0.39 is 0 Å². The summed E-state index contributed by atoms with van der Waals surface area (Å²) in [7, 11) is 0. The highest BCUT2D eigenvalue weighted by Crippen LogP contribution is 2.44. The Balaban J connectivity index is 0.761. The van der Waals surface area contributed by atoms with Crippen molar-refractivity contribution < 1.29 is 0 Å². The van der Waals surface area contributed by atoms with E-state index in [1.54, 1.807) is 0 Å². The molecule has 4 aliphatic heterocycles. The van der Waals surface area contributed by atoms with Crippen LogP contribution in [0.2, 0.25) is 0 Å². The summed E-state index contributed by atoms with van der Waals surface area (Å²) in [6, 6.07) is 89.0. The summed E-state index contributed by atoms with van der Waals surface area (Å²) in [5, 5.41) is 0. The topological polar surface area (TPSA) is 115 Å². The molecule has 10 heterocycles. The summed E-state index contributed by atoms with van der Waals surface area (Å²) in [5.41, 5.74) is 37.9. The van der Waals surface area contributed by atoms with Gasteiger partial charge in [-0.3, -0.25) is 0 Å². The Morgan fingerprint density at radius 1 is 0.250 bits per heavy atom. The number of nitrogens with zero attached hydrogens (tertiary/aromatic N) is 4. The van der Waals surface area contributed by atoms with Crippen LogP contribution >= 0.6 is 0 Å². The third-order valence-corrected chi connectivity index (χ3v) is 22.0. The summed E-state index contributed by atoms with van der Waals surface area (Å²) >= 11 is 0. The van der Waals surface area contributed by atoms with Gasteiger partial charge >= 0.3 is 0 Å². The molecule has 4 aliphatic rings. The zero-order chi connectivity index (χ0) is 76.0. The number of hydrogen-bond donors (Lipinski definition) is 4. The molecule has 6 aromatic heterocycles. The lowest BCUT2D eigenvalue weighted by molar-refractivity contribution is 0.442. The zero-order valence-electron chi connectivity index (χ0n) is 63.1. The van der Waals surface area contributed by atoms with E-state index in [2.05, 4.69) is 377 Å². The lowest BCUT2D eigenvalue weighted by atomic mass is 9.72. The van der Waals surface area contributed by atoms with Crippen molar-refractivity contribution in [3.8, 4) is 101 Å². The summed E-state index contributed by atoms with van der Waals surface area (Å²) in [6.45, 7) is 21.0. The Labute approximate surface area is 652 Å². The van der Waals surface area contributed by atoms with Crippen LogP contribution in [0.1, 0.15) is 104 Å². The number of benzene rings is 8. The van der Waals surface area contributed by atoms with Gasteiger partial charge in [0, 0.05) is 105 Å². The van der Waals surface area contributed by atoms with Crippen LogP contribution in [-0.2, 0) is 5.41 Å². The van der Waals surface area contributed by atoms with Gasteiger partial charge in [0.2, 0.25) is 0 Å². The second-order valence-electron chi connectivity index (χ2n) is 29.6. The van der Waals surface area contributed by atoms with Crippen LogP contribution < -0.4 is 0 Å². The van der Waals surface area contributed by atoms with E-state index in [1.807, 2.05) is 18.2 Å². The highest BCUT2D eigenvalue weighted by Gasteiger charge is 2.29. The number of H-pyrrole nitrogens is 4. The molecule has 0 aliphatic carbocycles. The van der Waals surface area contributed by atoms with Crippen molar-refractivity contribution in [1.29, 1.82) is 0 Å². The first-order valence-electron chi connectivity index (χ1n) is 38.2. The van der Waals surface area contributed by atoms with Crippen molar-refractivity contribution in [3.05, 3.63) is 371 Å². The van der Waals surface area contributed by atoms with Gasteiger partial charge < -0.3 is 19.9 Å². The predicted octanol–water partition coefficient (Wildman–Crippen LogP) is 26.6. The molecule has 4 N–H and O–H groups in total. The number of allylic oxidation sites excluding steroid dienone is 3. The third-order valence-electron chi connectivity index (χ3n) is 22.0. The Bertz CT molecular complexity index is 6560. The monoisotopic (exact) mass is 1440 g/mol. The molecule has 0 amide bonds. The van der Waals surface area contributed by atoms with Crippen LogP contribution in [0.25, 0.3) is 182 Å². The van der Waals surface area contributed by atoms with Crippen molar-refractivity contribution in [2.24, 2.45) is 0 Å². The molecule has 8 heteroatoms. The summed E-state index contributed by atoms with van der Waals surface area (Å²) in [4.78, 5) is 38.1. The van der Waals surface area contributed by atoms with Crippen LogP contribution in [0.15, 0.2) is 287 Å². The minimum atomic E-state index is -0.204. The smallest absolute Gasteiger partial charge is 0.0737 e. The Morgan fingerprint density at radius 3 is 0.661 bits per heavy atom. The summed E-state index contributed by atoms with van der Waals surface area (Å²) in [5.74, 6) is 7.08. The van der Waals surface area contributed by atoms with Crippen LogP contribution in [0.4, 0.5) is 0 Å². The van der Waals surface area contributed by atoms with E-state index >= 15 is 0 Å². The van der Waals surface area contributed by atoms with Gasteiger partial charge in [-0.2, -0.15) is 0 Å². The molecule has 8 nitrogen and oxygen atoms in total. The first-order chi connectivity index (χ1) is 54.9. The van der Waals surface area contributed by atoms with E-state index in [4.69, 9.17) is 19.9 Å². The lowest BCUT2D eigenvalue weighted by Crippen LogP contribution is -2.24. The number of aromatic amines is 4. The normalized spacial score (nSPS) is 12.1. The van der Waals surface area contributed by atoms with E-state index in [1.165, 1.54) is 27.8 Å². The molecule has 14 aromatic rings. The molecular weight excluding hydrogens is 1360 g/mol. The SMILES string of the molecule is C=CCC(CC=C)(CC=C)c1ccc(-c2c3nc(c(-c4ccc(C)cc4)c4ccc([nH]4)c(-c4ccc(C#Cc5ccc(-c6c7nc(c(-c8ccc(C)cc8)c8ccc([nH]8)c(-c8ccccc8)c8nc(c(-c9ccc(C)cc9)c9ccc6[nH]9)C=C8)C=C7)cc5)cc4)c4nc(c(-c5ccc(C)cc5)c5ccc2[nH]5)C=C4)C=C3)cc1. The Hall–Kier alpha value is -14.3. The molecule has 0 saturated carbocycles. The van der Waals surface area contributed by atoms with Gasteiger partial charge in [0.15, 0.2) is 0 Å². The average molecular weight is 1440 g/mol. The molecule has 0 radical (unpaired) electrons. The number of rotatable bonds is 15. The fourth-order valence-corrected chi connectivity index (χ4v) is 16.3. The highest BCUT2D eigenvalue weighted by atomic mass is 14.8. The standard InChI is InChI=1S/C104H80N8/c1-8-62-104(63-9-2,64-10-3)79-44-42-78(43-45-79)103-94-60-54-88(111-94)99(74-34-20-67(6)21-35-74)86-52-58-92(109-86)102(93-59-53-87(110-93)100(89-55-61-95(103)112-89)75-36-22-68(7)23-37-75)77-40-28-70(29-41-77)25-24-69-26-38-76(39-27-69)101-90-56-50-84(107-90)97(72-30-16-65(4)17-31-72)82-48-46-80(105-82)96(71-14-12-11-13-15-71)81-47-49-83(106-81)98(85-51-57-91(101)108-85)73-32-18-66(5)19-33-73/h8-23,26-61,105,108-109,112H,1-3,62-64H2,4-7H3. The largest absolute Gasteiger partial charge is 0.354 e. The van der Waals surface area contributed by atoms with Crippen LogP contribution in [-0.4, -0.2) is 39.9 Å². The molecular formula is C104H80N8. The van der Waals surface area contributed by atoms with Gasteiger partial charge in [-0.1, -0.05) is 228 Å². The van der Waals surface area contributed by atoms with E-state index in [0.29, 0.717) is 0 Å². The molecule has 16 bridgehead atoms. The van der Waals surface area contributed by atoms with Crippen LogP contribution in [0.5, 0.6) is 0 Å². The quantitative estimate of drug-likeness (QED) is 0.0605. The maximum Gasteiger partial charge on any atom is 0.0737 e.